The predicted molar refractivity (Wildman–Crippen MR) is 107 cm³/mol. The maximum Gasteiger partial charge on any atom is 0.322 e. The molecule has 0 saturated carbocycles. The summed E-state index contributed by atoms with van der Waals surface area (Å²) in [5.41, 5.74) is 2.62. The van der Waals surface area contributed by atoms with E-state index < -0.39 is 6.04 Å². The van der Waals surface area contributed by atoms with Crippen molar-refractivity contribution in [2.75, 3.05) is 25.7 Å². The number of rotatable bonds is 6. The summed E-state index contributed by atoms with van der Waals surface area (Å²) in [5.74, 6) is 1.07. The highest BCUT2D eigenvalue weighted by atomic mass is 16.5. The zero-order valence-corrected chi connectivity index (χ0v) is 16.3. The number of carbonyl (C=O) groups excluding carboxylic acids is 2. The molecule has 3 rings (SSSR count). The number of hydrogen-bond acceptors (Lipinski definition) is 4. The molecule has 7 nitrogen and oxygen atoms in total. The maximum atomic E-state index is 13.0. The SMILES string of the molecule is CCNC(=O)C1Cc2ccccc2N1C(=O)NCc1ccc(OC)c(OC)c1. The van der Waals surface area contributed by atoms with Gasteiger partial charge in [-0.3, -0.25) is 9.69 Å². The number of amides is 3. The van der Waals surface area contributed by atoms with E-state index >= 15 is 0 Å². The van der Waals surface area contributed by atoms with Crippen LogP contribution in [0.15, 0.2) is 42.5 Å². The van der Waals surface area contributed by atoms with E-state index in [2.05, 4.69) is 10.6 Å². The van der Waals surface area contributed by atoms with Crippen molar-refractivity contribution in [1.82, 2.24) is 10.6 Å². The second kappa shape index (κ2) is 8.65. The number of fused-ring (bicyclic) bond motifs is 1. The lowest BCUT2D eigenvalue weighted by Crippen LogP contribution is -2.51. The standard InChI is InChI=1S/C21H25N3O4/c1-4-22-20(25)17-12-15-7-5-6-8-16(15)24(17)21(26)23-13-14-9-10-18(27-2)19(11-14)28-3/h5-11,17H,4,12-13H2,1-3H3,(H,22,25)(H,23,26). The van der Waals surface area contributed by atoms with Gasteiger partial charge in [-0.2, -0.15) is 0 Å². The Morgan fingerprint density at radius 3 is 2.54 bits per heavy atom. The highest BCUT2D eigenvalue weighted by Crippen LogP contribution is 2.32. The molecule has 28 heavy (non-hydrogen) atoms. The van der Waals surface area contributed by atoms with Gasteiger partial charge in [-0.25, -0.2) is 4.79 Å². The van der Waals surface area contributed by atoms with Crippen LogP contribution < -0.4 is 25.0 Å². The van der Waals surface area contributed by atoms with Crippen molar-refractivity contribution < 1.29 is 19.1 Å². The van der Waals surface area contributed by atoms with Gasteiger partial charge in [-0.15, -0.1) is 0 Å². The number of ether oxygens (including phenoxy) is 2. The molecular weight excluding hydrogens is 358 g/mol. The maximum absolute atomic E-state index is 13.0. The molecule has 0 aliphatic carbocycles. The summed E-state index contributed by atoms with van der Waals surface area (Å²) in [6.07, 6.45) is 0.506. The van der Waals surface area contributed by atoms with Gasteiger partial charge in [0.1, 0.15) is 6.04 Å². The molecule has 0 bridgehead atoms. The van der Waals surface area contributed by atoms with Crippen LogP contribution in [0.3, 0.4) is 0 Å². The fourth-order valence-corrected chi connectivity index (χ4v) is 3.39. The van der Waals surface area contributed by atoms with Crippen molar-refractivity contribution in [3.63, 3.8) is 0 Å². The normalized spacial score (nSPS) is 15.0. The van der Waals surface area contributed by atoms with Crippen molar-refractivity contribution in [2.24, 2.45) is 0 Å². The average molecular weight is 383 g/mol. The van der Waals surface area contributed by atoms with E-state index in [-0.39, 0.29) is 11.9 Å². The van der Waals surface area contributed by atoms with Gasteiger partial charge in [0.05, 0.1) is 14.2 Å². The Hall–Kier alpha value is -3.22. The molecule has 1 unspecified atom stereocenters. The molecule has 0 radical (unpaired) electrons. The summed E-state index contributed by atoms with van der Waals surface area (Å²) >= 11 is 0. The summed E-state index contributed by atoms with van der Waals surface area (Å²) in [5, 5.41) is 5.73. The fourth-order valence-electron chi connectivity index (χ4n) is 3.39. The van der Waals surface area contributed by atoms with Gasteiger partial charge in [0, 0.05) is 25.2 Å². The smallest absolute Gasteiger partial charge is 0.322 e. The molecule has 2 aromatic rings. The lowest BCUT2D eigenvalue weighted by atomic mass is 10.1. The van der Waals surface area contributed by atoms with Crippen molar-refractivity contribution in [2.45, 2.75) is 25.9 Å². The molecule has 2 N–H and O–H groups in total. The number of likely N-dealkylation sites (N-methyl/N-ethyl adjacent to an activating group) is 1. The minimum absolute atomic E-state index is 0.153. The number of methoxy groups -OCH3 is 2. The molecule has 1 aliphatic heterocycles. The van der Waals surface area contributed by atoms with Crippen molar-refractivity contribution in [1.29, 1.82) is 0 Å². The highest BCUT2D eigenvalue weighted by molar-refractivity contribution is 6.02. The molecule has 0 spiro atoms. The molecule has 0 saturated heterocycles. The van der Waals surface area contributed by atoms with E-state index in [1.807, 2.05) is 43.3 Å². The molecule has 148 valence electrons. The van der Waals surface area contributed by atoms with Crippen LogP contribution in [0.4, 0.5) is 10.5 Å². The summed E-state index contributed by atoms with van der Waals surface area (Å²) in [7, 11) is 3.14. The Balaban J connectivity index is 1.77. The van der Waals surface area contributed by atoms with Crippen LogP contribution in [0.2, 0.25) is 0 Å². The van der Waals surface area contributed by atoms with Crippen LogP contribution in [0.25, 0.3) is 0 Å². The van der Waals surface area contributed by atoms with Gasteiger partial charge in [0.15, 0.2) is 11.5 Å². The number of para-hydroxylation sites is 1. The van der Waals surface area contributed by atoms with Gasteiger partial charge in [0.25, 0.3) is 0 Å². The van der Waals surface area contributed by atoms with Crippen LogP contribution in [0, 0.1) is 0 Å². The minimum atomic E-state index is -0.553. The molecule has 0 fully saturated rings. The largest absolute Gasteiger partial charge is 0.493 e. The summed E-state index contributed by atoms with van der Waals surface area (Å²) in [4.78, 5) is 27.0. The topological polar surface area (TPSA) is 79.9 Å². The number of nitrogens with zero attached hydrogens (tertiary/aromatic N) is 1. The molecule has 3 amide bonds. The predicted octanol–water partition coefficient (Wildman–Crippen LogP) is 2.48. The molecule has 1 aliphatic rings. The first kappa shape index (κ1) is 19.5. The number of carbonyl (C=O) groups is 2. The third-order valence-electron chi connectivity index (χ3n) is 4.74. The second-order valence-electron chi connectivity index (χ2n) is 6.46. The quantitative estimate of drug-likeness (QED) is 0.803. The molecule has 1 heterocycles. The first-order valence-electron chi connectivity index (χ1n) is 9.22. The number of hydrogen-bond donors (Lipinski definition) is 2. The van der Waals surface area contributed by atoms with E-state index in [1.165, 1.54) is 0 Å². The zero-order chi connectivity index (χ0) is 20.1. The Kier molecular flexibility index (Phi) is 6.03. The number of anilines is 1. The van der Waals surface area contributed by atoms with Gasteiger partial charge in [0.2, 0.25) is 5.91 Å². The molecule has 0 aromatic heterocycles. The minimum Gasteiger partial charge on any atom is -0.493 e. The molecular formula is C21H25N3O4. The summed E-state index contributed by atoms with van der Waals surface area (Å²) in [6, 6.07) is 12.2. The first-order chi connectivity index (χ1) is 13.6. The average Bonchev–Trinajstić information content (AvgIpc) is 3.11. The fraction of sp³-hybridized carbons (Fsp3) is 0.333. The Labute approximate surface area is 164 Å². The Morgan fingerprint density at radius 1 is 1.07 bits per heavy atom. The first-order valence-corrected chi connectivity index (χ1v) is 9.22. The van der Waals surface area contributed by atoms with E-state index in [0.717, 1.165) is 16.8 Å². The van der Waals surface area contributed by atoms with E-state index in [0.29, 0.717) is 31.0 Å². The highest BCUT2D eigenvalue weighted by Gasteiger charge is 2.37. The van der Waals surface area contributed by atoms with Crippen LogP contribution in [-0.2, 0) is 17.8 Å². The van der Waals surface area contributed by atoms with Crippen LogP contribution in [-0.4, -0.2) is 38.7 Å². The van der Waals surface area contributed by atoms with Crippen molar-refractivity contribution in [3.8, 4) is 11.5 Å². The van der Waals surface area contributed by atoms with Gasteiger partial charge < -0.3 is 20.1 Å². The lowest BCUT2D eigenvalue weighted by Gasteiger charge is -2.25. The third kappa shape index (κ3) is 3.88. The number of benzene rings is 2. The van der Waals surface area contributed by atoms with Gasteiger partial charge in [-0.1, -0.05) is 24.3 Å². The molecule has 2 aromatic carbocycles. The van der Waals surface area contributed by atoms with Crippen molar-refractivity contribution >= 4 is 17.6 Å². The summed E-state index contributed by atoms with van der Waals surface area (Å²) in [6.45, 7) is 2.69. The monoisotopic (exact) mass is 383 g/mol. The number of urea groups is 1. The van der Waals surface area contributed by atoms with E-state index in [9.17, 15) is 9.59 Å². The van der Waals surface area contributed by atoms with Crippen molar-refractivity contribution in [3.05, 3.63) is 53.6 Å². The van der Waals surface area contributed by atoms with Gasteiger partial charge in [-0.05, 0) is 36.2 Å². The van der Waals surface area contributed by atoms with Gasteiger partial charge >= 0.3 is 6.03 Å². The molecule has 7 heteroatoms. The third-order valence-corrected chi connectivity index (χ3v) is 4.74. The Bertz CT molecular complexity index is 868. The second-order valence-corrected chi connectivity index (χ2v) is 6.46. The lowest BCUT2D eigenvalue weighted by molar-refractivity contribution is -0.122. The van der Waals surface area contributed by atoms with Crippen LogP contribution in [0.1, 0.15) is 18.1 Å². The number of nitrogens with one attached hydrogen (secondary N) is 2. The summed E-state index contributed by atoms with van der Waals surface area (Å²) < 4.78 is 10.5. The zero-order valence-electron chi connectivity index (χ0n) is 16.3. The van der Waals surface area contributed by atoms with E-state index in [1.54, 1.807) is 25.2 Å². The molecule has 1 atom stereocenters. The Morgan fingerprint density at radius 2 is 1.82 bits per heavy atom. The van der Waals surface area contributed by atoms with Crippen LogP contribution in [0.5, 0.6) is 11.5 Å². The van der Waals surface area contributed by atoms with Crippen LogP contribution >= 0.6 is 0 Å². The van der Waals surface area contributed by atoms with E-state index in [4.69, 9.17) is 9.47 Å².